The maximum absolute atomic E-state index is 5.33. The molecule has 0 unspecified atom stereocenters. The summed E-state index contributed by atoms with van der Waals surface area (Å²) in [5, 5.41) is 4.98. The molecule has 0 bridgehead atoms. The summed E-state index contributed by atoms with van der Waals surface area (Å²) in [4.78, 5) is 15.7. The van der Waals surface area contributed by atoms with Crippen molar-refractivity contribution in [1.82, 2.24) is 19.5 Å². The van der Waals surface area contributed by atoms with Gasteiger partial charge in [-0.3, -0.25) is 0 Å². The van der Waals surface area contributed by atoms with E-state index in [2.05, 4.69) is 187 Å². The summed E-state index contributed by atoms with van der Waals surface area (Å²) in [6.45, 7) is 0. The molecule has 0 atom stereocenters. The van der Waals surface area contributed by atoms with Gasteiger partial charge in [0, 0.05) is 47.6 Å². The standard InChI is InChI=1S/C57H36N4S/c1-5-17-37(18-6-1)43-31-29-41(33-46(43)38-19-7-2-8-20-38)42-30-32-51(49(34-42)57-59-55(39-21-9-3-10-22-39)58-56(60-57)40-23-11-4-12-24-40)61-50-27-15-13-25-44(50)47-35-48-45-26-14-16-28-53(45)62-54(48)36-52(47)61/h1-36H. The largest absolute Gasteiger partial charge is 0.308 e. The van der Waals surface area contributed by atoms with Crippen molar-refractivity contribution >= 4 is 53.3 Å². The van der Waals surface area contributed by atoms with Crippen molar-refractivity contribution in [3.63, 3.8) is 0 Å². The average Bonchev–Trinajstić information content (AvgIpc) is 3.88. The average molecular weight is 809 g/mol. The summed E-state index contributed by atoms with van der Waals surface area (Å²) in [7, 11) is 0. The minimum atomic E-state index is 0.604. The van der Waals surface area contributed by atoms with Crippen molar-refractivity contribution in [1.29, 1.82) is 0 Å². The summed E-state index contributed by atoms with van der Waals surface area (Å²) >= 11 is 1.84. The number of thiophene rings is 1. The van der Waals surface area contributed by atoms with Gasteiger partial charge in [0.25, 0.3) is 0 Å². The first-order valence-electron chi connectivity index (χ1n) is 20.8. The molecule has 0 aliphatic rings. The van der Waals surface area contributed by atoms with Crippen molar-refractivity contribution in [3.8, 4) is 73.2 Å². The SMILES string of the molecule is c1ccc(-c2nc(-c3ccccc3)nc(-c3cc(-c4ccc(-c5ccccc5)c(-c5ccccc5)c4)ccc3-n3c4ccccc4c4cc5c(cc43)sc3ccccc35)n2)cc1. The van der Waals surface area contributed by atoms with E-state index in [4.69, 9.17) is 15.0 Å². The Labute approximate surface area is 362 Å². The Balaban J connectivity index is 1.15. The molecule has 0 saturated carbocycles. The second kappa shape index (κ2) is 14.9. The van der Waals surface area contributed by atoms with Crippen LogP contribution in [-0.2, 0) is 0 Å². The minimum Gasteiger partial charge on any atom is -0.308 e. The highest BCUT2D eigenvalue weighted by atomic mass is 32.1. The van der Waals surface area contributed by atoms with Crippen molar-refractivity contribution in [3.05, 3.63) is 218 Å². The molecule has 0 amide bonds. The van der Waals surface area contributed by atoms with Crippen LogP contribution in [0, 0.1) is 0 Å². The van der Waals surface area contributed by atoms with E-state index in [0.29, 0.717) is 17.5 Å². The number of aromatic nitrogens is 4. The lowest BCUT2D eigenvalue weighted by Gasteiger charge is -2.17. The molecule has 3 heterocycles. The van der Waals surface area contributed by atoms with Crippen molar-refractivity contribution < 1.29 is 0 Å². The number of benzene rings is 9. The quantitative estimate of drug-likeness (QED) is 0.161. The van der Waals surface area contributed by atoms with Crippen molar-refractivity contribution in [2.45, 2.75) is 0 Å². The minimum absolute atomic E-state index is 0.604. The number of rotatable bonds is 7. The van der Waals surface area contributed by atoms with Crippen LogP contribution < -0.4 is 0 Å². The third kappa shape index (κ3) is 6.18. The fraction of sp³-hybridized carbons (Fsp3) is 0. The molecule has 0 N–H and O–H groups in total. The maximum Gasteiger partial charge on any atom is 0.166 e. The van der Waals surface area contributed by atoms with Gasteiger partial charge in [0.1, 0.15) is 0 Å². The van der Waals surface area contributed by atoms with Gasteiger partial charge in [-0.1, -0.05) is 176 Å². The van der Waals surface area contributed by atoms with E-state index in [0.717, 1.165) is 44.5 Å². The number of hydrogen-bond acceptors (Lipinski definition) is 4. The van der Waals surface area contributed by atoms with E-state index >= 15 is 0 Å². The van der Waals surface area contributed by atoms with E-state index in [9.17, 15) is 0 Å². The van der Waals surface area contributed by atoms with Gasteiger partial charge in [0.05, 0.1) is 16.7 Å². The third-order valence-electron chi connectivity index (χ3n) is 11.9. The molecule has 4 nitrogen and oxygen atoms in total. The lowest BCUT2D eigenvalue weighted by molar-refractivity contribution is 1.06. The van der Waals surface area contributed by atoms with Gasteiger partial charge in [0.15, 0.2) is 17.5 Å². The van der Waals surface area contributed by atoms with Gasteiger partial charge in [0.2, 0.25) is 0 Å². The van der Waals surface area contributed by atoms with Crippen molar-refractivity contribution in [2.24, 2.45) is 0 Å². The summed E-state index contributed by atoms with van der Waals surface area (Å²) in [6.07, 6.45) is 0. The molecule has 0 aliphatic carbocycles. The molecule has 9 aromatic carbocycles. The fourth-order valence-electron chi connectivity index (χ4n) is 8.92. The Morgan fingerprint density at radius 3 is 1.47 bits per heavy atom. The van der Waals surface area contributed by atoms with E-state index in [1.54, 1.807) is 0 Å². The predicted molar refractivity (Wildman–Crippen MR) is 260 cm³/mol. The Morgan fingerprint density at radius 1 is 0.290 bits per heavy atom. The van der Waals surface area contributed by atoms with Gasteiger partial charge < -0.3 is 4.57 Å². The van der Waals surface area contributed by atoms with Crippen molar-refractivity contribution in [2.75, 3.05) is 0 Å². The molecule has 0 spiro atoms. The molecule has 62 heavy (non-hydrogen) atoms. The first kappa shape index (κ1) is 35.9. The number of fused-ring (bicyclic) bond motifs is 6. The second-order valence-corrected chi connectivity index (χ2v) is 16.7. The molecule has 0 radical (unpaired) electrons. The van der Waals surface area contributed by atoms with Crippen LogP contribution in [-0.4, -0.2) is 19.5 Å². The van der Waals surface area contributed by atoms with Gasteiger partial charge in [-0.2, -0.15) is 0 Å². The van der Waals surface area contributed by atoms with Crippen LogP contribution >= 0.6 is 11.3 Å². The highest BCUT2D eigenvalue weighted by molar-refractivity contribution is 7.25. The predicted octanol–water partition coefficient (Wildman–Crippen LogP) is 15.3. The van der Waals surface area contributed by atoms with Crippen LogP contribution in [0.15, 0.2) is 218 Å². The van der Waals surface area contributed by atoms with Gasteiger partial charge in [-0.05, 0) is 75.8 Å². The smallest absolute Gasteiger partial charge is 0.166 e. The lowest BCUT2D eigenvalue weighted by atomic mass is 9.90. The molecule has 12 rings (SSSR count). The Bertz CT molecular complexity index is 3560. The zero-order chi connectivity index (χ0) is 41.0. The monoisotopic (exact) mass is 808 g/mol. The van der Waals surface area contributed by atoms with Crippen LogP contribution in [0.1, 0.15) is 0 Å². The van der Waals surface area contributed by atoms with E-state index < -0.39 is 0 Å². The molecule has 0 aliphatic heterocycles. The van der Waals surface area contributed by atoms with Gasteiger partial charge >= 0.3 is 0 Å². The summed E-state index contributed by atoms with van der Waals surface area (Å²) in [6, 6.07) is 77.6. The highest BCUT2D eigenvalue weighted by Gasteiger charge is 2.22. The third-order valence-corrected chi connectivity index (χ3v) is 13.0. The van der Waals surface area contributed by atoms with Gasteiger partial charge in [-0.25, -0.2) is 15.0 Å². The van der Waals surface area contributed by atoms with Crippen LogP contribution in [0.3, 0.4) is 0 Å². The fourth-order valence-corrected chi connectivity index (χ4v) is 10.0. The lowest BCUT2D eigenvalue weighted by Crippen LogP contribution is -2.04. The molecular formula is C57H36N4S. The molecule has 3 aromatic heterocycles. The maximum atomic E-state index is 5.33. The second-order valence-electron chi connectivity index (χ2n) is 15.6. The summed E-state index contributed by atoms with van der Waals surface area (Å²) in [5.74, 6) is 1.85. The van der Waals surface area contributed by atoms with Crippen LogP contribution in [0.4, 0.5) is 0 Å². The highest BCUT2D eigenvalue weighted by Crippen LogP contribution is 2.43. The van der Waals surface area contributed by atoms with Crippen LogP contribution in [0.25, 0.3) is 115 Å². The number of para-hydroxylation sites is 1. The molecular weight excluding hydrogens is 773 g/mol. The molecule has 5 heteroatoms. The van der Waals surface area contributed by atoms with Crippen LogP contribution in [0.2, 0.25) is 0 Å². The van der Waals surface area contributed by atoms with E-state index in [1.807, 2.05) is 47.7 Å². The Morgan fingerprint density at radius 2 is 0.806 bits per heavy atom. The summed E-state index contributed by atoms with van der Waals surface area (Å²) < 4.78 is 4.96. The Kier molecular flexibility index (Phi) is 8.65. The zero-order valence-electron chi connectivity index (χ0n) is 33.5. The number of hydrogen-bond donors (Lipinski definition) is 0. The normalized spacial score (nSPS) is 11.5. The van der Waals surface area contributed by atoms with E-state index in [-0.39, 0.29) is 0 Å². The molecule has 0 saturated heterocycles. The van der Waals surface area contributed by atoms with E-state index in [1.165, 1.54) is 53.2 Å². The molecule has 290 valence electrons. The number of nitrogens with zero attached hydrogens (tertiary/aromatic N) is 4. The molecule has 12 aromatic rings. The first-order chi connectivity index (χ1) is 30.7. The topological polar surface area (TPSA) is 43.6 Å². The molecule has 0 fully saturated rings. The first-order valence-corrected chi connectivity index (χ1v) is 21.7. The van der Waals surface area contributed by atoms with Crippen LogP contribution in [0.5, 0.6) is 0 Å². The Hall–Kier alpha value is -7.99. The van der Waals surface area contributed by atoms with Gasteiger partial charge in [-0.15, -0.1) is 11.3 Å². The zero-order valence-corrected chi connectivity index (χ0v) is 34.3. The summed E-state index contributed by atoms with van der Waals surface area (Å²) in [5.41, 5.74) is 12.9.